The summed E-state index contributed by atoms with van der Waals surface area (Å²) in [5.74, 6) is 0.696. The van der Waals surface area contributed by atoms with E-state index in [1.807, 2.05) is 18.2 Å². The minimum absolute atomic E-state index is 0.221. The van der Waals surface area contributed by atoms with Gasteiger partial charge >= 0.3 is 5.97 Å². The summed E-state index contributed by atoms with van der Waals surface area (Å²) >= 11 is 7.49. The zero-order valence-corrected chi connectivity index (χ0v) is 13.1. The lowest BCUT2D eigenvalue weighted by Crippen LogP contribution is -2.19. The van der Waals surface area contributed by atoms with E-state index in [1.165, 1.54) is 18.9 Å². The van der Waals surface area contributed by atoms with Crippen LogP contribution in [0.4, 0.5) is 0 Å². The fourth-order valence-electron chi connectivity index (χ4n) is 1.52. The maximum Gasteiger partial charge on any atom is 0.315 e. The third-order valence-electron chi connectivity index (χ3n) is 2.46. The predicted octanol–water partition coefficient (Wildman–Crippen LogP) is 3.35. The molecular formula is C14H20ClNO2S. The summed E-state index contributed by atoms with van der Waals surface area (Å²) < 4.78 is 4.65. The van der Waals surface area contributed by atoms with Gasteiger partial charge in [-0.3, -0.25) is 4.79 Å². The van der Waals surface area contributed by atoms with Gasteiger partial charge in [-0.25, -0.2) is 0 Å². The lowest BCUT2D eigenvalue weighted by atomic mass is 10.2. The van der Waals surface area contributed by atoms with Crippen molar-refractivity contribution in [2.75, 3.05) is 19.4 Å². The minimum atomic E-state index is -0.221. The number of carbonyl (C=O) groups excluding carboxylic acids is 1. The van der Waals surface area contributed by atoms with Gasteiger partial charge in [0.1, 0.15) is 0 Å². The molecule has 3 nitrogen and oxygen atoms in total. The van der Waals surface area contributed by atoms with Crippen molar-refractivity contribution in [1.82, 2.24) is 5.32 Å². The molecule has 1 N–H and O–H groups in total. The van der Waals surface area contributed by atoms with E-state index in [2.05, 4.69) is 23.9 Å². The van der Waals surface area contributed by atoms with Crippen LogP contribution in [0.2, 0.25) is 5.02 Å². The maximum absolute atomic E-state index is 11.2. The van der Waals surface area contributed by atoms with Gasteiger partial charge in [-0.1, -0.05) is 25.4 Å². The van der Waals surface area contributed by atoms with Crippen molar-refractivity contribution in [3.8, 4) is 0 Å². The average Bonchev–Trinajstić information content (AvgIpc) is 2.37. The lowest BCUT2D eigenvalue weighted by Gasteiger charge is -2.12. The highest BCUT2D eigenvalue weighted by molar-refractivity contribution is 8.00. The molecule has 0 aliphatic heterocycles. The Morgan fingerprint density at radius 2 is 2.21 bits per heavy atom. The van der Waals surface area contributed by atoms with Crippen LogP contribution in [0.3, 0.4) is 0 Å². The van der Waals surface area contributed by atoms with E-state index < -0.39 is 0 Å². The summed E-state index contributed by atoms with van der Waals surface area (Å²) in [6, 6.07) is 5.73. The van der Waals surface area contributed by atoms with E-state index in [0.29, 0.717) is 16.7 Å². The number of methoxy groups -OCH3 is 1. The van der Waals surface area contributed by atoms with Gasteiger partial charge in [0.05, 0.1) is 12.9 Å². The molecule has 0 atom stereocenters. The molecule has 0 radical (unpaired) electrons. The number of hydrogen-bond donors (Lipinski definition) is 1. The summed E-state index contributed by atoms with van der Waals surface area (Å²) in [4.78, 5) is 12.2. The van der Waals surface area contributed by atoms with Crippen molar-refractivity contribution in [1.29, 1.82) is 0 Å². The molecule has 0 heterocycles. The van der Waals surface area contributed by atoms with Gasteiger partial charge in [0.2, 0.25) is 0 Å². The van der Waals surface area contributed by atoms with Gasteiger partial charge in [-0.15, -0.1) is 11.8 Å². The van der Waals surface area contributed by atoms with E-state index >= 15 is 0 Å². The van der Waals surface area contributed by atoms with Crippen LogP contribution in [0.5, 0.6) is 0 Å². The number of rotatable bonds is 7. The van der Waals surface area contributed by atoms with Crippen LogP contribution in [-0.2, 0) is 16.1 Å². The SMILES string of the molecule is COC(=O)CSc1ccc(Cl)cc1CNCC(C)C. The molecule has 19 heavy (non-hydrogen) atoms. The molecule has 0 aliphatic carbocycles. The average molecular weight is 302 g/mol. The van der Waals surface area contributed by atoms with Crippen LogP contribution in [0.15, 0.2) is 23.1 Å². The zero-order chi connectivity index (χ0) is 14.3. The van der Waals surface area contributed by atoms with Crippen molar-refractivity contribution in [2.24, 2.45) is 5.92 Å². The zero-order valence-electron chi connectivity index (χ0n) is 11.5. The molecule has 106 valence electrons. The molecule has 0 unspecified atom stereocenters. The topological polar surface area (TPSA) is 38.3 Å². The highest BCUT2D eigenvalue weighted by Crippen LogP contribution is 2.26. The minimum Gasteiger partial charge on any atom is -0.468 e. The smallest absolute Gasteiger partial charge is 0.315 e. The number of benzene rings is 1. The van der Waals surface area contributed by atoms with Gasteiger partial charge in [-0.2, -0.15) is 0 Å². The highest BCUT2D eigenvalue weighted by atomic mass is 35.5. The van der Waals surface area contributed by atoms with Gasteiger partial charge in [0.25, 0.3) is 0 Å². The van der Waals surface area contributed by atoms with Gasteiger partial charge in [0.15, 0.2) is 0 Å². The van der Waals surface area contributed by atoms with E-state index in [-0.39, 0.29) is 5.97 Å². The first-order valence-corrected chi connectivity index (χ1v) is 7.58. The van der Waals surface area contributed by atoms with Gasteiger partial charge < -0.3 is 10.1 Å². The van der Waals surface area contributed by atoms with E-state index in [9.17, 15) is 4.79 Å². The van der Waals surface area contributed by atoms with Crippen LogP contribution in [0.1, 0.15) is 19.4 Å². The third kappa shape index (κ3) is 6.32. The summed E-state index contributed by atoms with van der Waals surface area (Å²) in [5.41, 5.74) is 1.11. The van der Waals surface area contributed by atoms with Crippen molar-refractivity contribution in [3.05, 3.63) is 28.8 Å². The van der Waals surface area contributed by atoms with Crippen LogP contribution in [0, 0.1) is 5.92 Å². The molecule has 0 bridgehead atoms. The first kappa shape index (κ1) is 16.3. The van der Waals surface area contributed by atoms with Crippen LogP contribution in [0.25, 0.3) is 0 Å². The Morgan fingerprint density at radius 1 is 1.47 bits per heavy atom. The van der Waals surface area contributed by atoms with Crippen molar-refractivity contribution in [3.63, 3.8) is 0 Å². The maximum atomic E-state index is 11.2. The normalized spacial score (nSPS) is 10.8. The van der Waals surface area contributed by atoms with E-state index in [4.69, 9.17) is 11.6 Å². The first-order valence-electron chi connectivity index (χ1n) is 6.21. The quantitative estimate of drug-likeness (QED) is 0.619. The largest absolute Gasteiger partial charge is 0.468 e. The third-order valence-corrected chi connectivity index (χ3v) is 3.79. The summed E-state index contributed by atoms with van der Waals surface area (Å²) in [5, 5.41) is 4.09. The van der Waals surface area contributed by atoms with Crippen LogP contribution in [-0.4, -0.2) is 25.4 Å². The number of nitrogens with one attached hydrogen (secondary N) is 1. The molecule has 0 saturated carbocycles. The second kappa shape index (κ2) is 8.46. The number of hydrogen-bond acceptors (Lipinski definition) is 4. The molecule has 5 heteroatoms. The second-order valence-electron chi connectivity index (χ2n) is 4.64. The molecular weight excluding hydrogens is 282 g/mol. The fourth-order valence-corrected chi connectivity index (χ4v) is 2.58. The number of esters is 1. The predicted molar refractivity (Wildman–Crippen MR) is 80.7 cm³/mol. The molecule has 0 aliphatic rings. The standard InChI is InChI=1S/C14H20ClNO2S/c1-10(2)7-16-8-11-6-12(15)4-5-13(11)19-9-14(17)18-3/h4-6,10,16H,7-9H2,1-3H3. The first-order chi connectivity index (χ1) is 9.02. The molecule has 0 amide bonds. The molecule has 0 saturated heterocycles. The Morgan fingerprint density at radius 3 is 2.84 bits per heavy atom. The Labute approximate surface area is 124 Å². The van der Waals surface area contributed by atoms with Crippen LogP contribution >= 0.6 is 23.4 Å². The van der Waals surface area contributed by atoms with Crippen molar-refractivity contribution in [2.45, 2.75) is 25.3 Å². The molecule has 0 spiro atoms. The van der Waals surface area contributed by atoms with E-state index in [0.717, 1.165) is 23.5 Å². The Bertz CT molecular complexity index is 424. The molecule has 0 fully saturated rings. The Kier molecular flexibility index (Phi) is 7.28. The lowest BCUT2D eigenvalue weighted by molar-refractivity contribution is -0.137. The Hall–Kier alpha value is -0.710. The molecule has 1 aromatic rings. The van der Waals surface area contributed by atoms with Gasteiger partial charge in [-0.05, 0) is 36.2 Å². The molecule has 1 aromatic carbocycles. The molecule has 1 rings (SSSR count). The number of thioether (sulfide) groups is 1. The summed E-state index contributed by atoms with van der Waals surface area (Å²) in [6.07, 6.45) is 0. The number of ether oxygens (including phenoxy) is 1. The number of halogens is 1. The monoisotopic (exact) mass is 301 g/mol. The van der Waals surface area contributed by atoms with Crippen molar-refractivity contribution < 1.29 is 9.53 Å². The highest BCUT2D eigenvalue weighted by Gasteiger charge is 2.08. The van der Waals surface area contributed by atoms with Crippen LogP contribution < -0.4 is 5.32 Å². The molecule has 0 aromatic heterocycles. The fraction of sp³-hybridized carbons (Fsp3) is 0.500. The van der Waals surface area contributed by atoms with Gasteiger partial charge in [0, 0.05) is 16.5 Å². The summed E-state index contributed by atoms with van der Waals surface area (Å²) in [6.45, 7) is 6.03. The van der Waals surface area contributed by atoms with Crippen molar-refractivity contribution >= 4 is 29.3 Å². The van der Waals surface area contributed by atoms with E-state index in [1.54, 1.807) is 0 Å². The second-order valence-corrected chi connectivity index (χ2v) is 6.10. The summed E-state index contributed by atoms with van der Waals surface area (Å²) in [7, 11) is 1.40. The number of carbonyl (C=O) groups is 1. The Balaban J connectivity index is 2.65.